The molecule has 2 saturated heterocycles. The normalized spacial score (nSPS) is 47.1. The van der Waals surface area contributed by atoms with Crippen molar-refractivity contribution in [3.63, 3.8) is 0 Å². The van der Waals surface area contributed by atoms with Gasteiger partial charge in [0.15, 0.2) is 0 Å². The first-order chi connectivity index (χ1) is 4.83. The average molecular weight is 159 g/mol. The van der Waals surface area contributed by atoms with Crippen LogP contribution in [-0.2, 0) is 0 Å². The number of hydrogen-bond acceptors (Lipinski definition) is 3. The summed E-state index contributed by atoms with van der Waals surface area (Å²) >= 11 is 1.95. The average Bonchev–Trinajstić information content (AvgIpc) is 2.48. The highest BCUT2D eigenvalue weighted by molar-refractivity contribution is 7.99. The fourth-order valence-electron chi connectivity index (χ4n) is 1.83. The van der Waals surface area contributed by atoms with Crippen LogP contribution in [0.2, 0.25) is 0 Å². The molecule has 0 unspecified atom stereocenters. The second-order valence-electron chi connectivity index (χ2n) is 3.19. The van der Waals surface area contributed by atoms with Crippen molar-refractivity contribution in [1.82, 2.24) is 5.32 Å². The molecule has 2 aliphatic heterocycles. The smallest absolute Gasteiger partial charge is 0.0742 e. The van der Waals surface area contributed by atoms with Gasteiger partial charge in [0, 0.05) is 5.75 Å². The van der Waals surface area contributed by atoms with Crippen LogP contribution in [0.1, 0.15) is 12.8 Å². The Bertz CT molecular complexity index is 128. The third kappa shape index (κ3) is 0.881. The minimum absolute atomic E-state index is 0.0810. The lowest BCUT2D eigenvalue weighted by molar-refractivity contribution is 0.112. The molecular formula is C7H13NOS. The van der Waals surface area contributed by atoms with Gasteiger partial charge in [0.1, 0.15) is 0 Å². The lowest BCUT2D eigenvalue weighted by Gasteiger charge is -2.26. The second-order valence-corrected chi connectivity index (χ2v) is 4.30. The van der Waals surface area contributed by atoms with Gasteiger partial charge in [-0.2, -0.15) is 11.8 Å². The minimum Gasteiger partial charge on any atom is -0.391 e. The number of nitrogens with one attached hydrogen (secondary N) is 1. The zero-order valence-corrected chi connectivity index (χ0v) is 6.78. The van der Waals surface area contributed by atoms with Crippen LogP contribution in [0.15, 0.2) is 0 Å². The predicted octanol–water partition coefficient (Wildman–Crippen LogP) is 0.216. The van der Waals surface area contributed by atoms with Crippen LogP contribution >= 0.6 is 11.8 Å². The summed E-state index contributed by atoms with van der Waals surface area (Å²) in [5.74, 6) is 2.32. The molecule has 0 bridgehead atoms. The van der Waals surface area contributed by atoms with Crippen LogP contribution in [0.3, 0.4) is 0 Å². The molecule has 0 amide bonds. The van der Waals surface area contributed by atoms with Gasteiger partial charge in [0.05, 0.1) is 11.6 Å². The van der Waals surface area contributed by atoms with Gasteiger partial charge in [0.2, 0.25) is 0 Å². The molecule has 58 valence electrons. The molecule has 2 aliphatic rings. The third-order valence-corrected chi connectivity index (χ3v) is 3.80. The zero-order valence-electron chi connectivity index (χ0n) is 5.97. The van der Waals surface area contributed by atoms with Crippen LogP contribution in [0.4, 0.5) is 0 Å². The van der Waals surface area contributed by atoms with E-state index in [9.17, 15) is 5.11 Å². The van der Waals surface area contributed by atoms with E-state index in [1.807, 2.05) is 11.8 Å². The Balaban J connectivity index is 2.11. The number of rotatable bonds is 0. The molecule has 0 radical (unpaired) electrons. The third-order valence-electron chi connectivity index (χ3n) is 2.58. The number of aliphatic hydroxyl groups excluding tert-OH is 1. The molecule has 10 heavy (non-hydrogen) atoms. The van der Waals surface area contributed by atoms with E-state index in [2.05, 4.69) is 5.32 Å². The first-order valence-electron chi connectivity index (χ1n) is 3.84. The molecular weight excluding hydrogens is 146 g/mol. The van der Waals surface area contributed by atoms with Crippen molar-refractivity contribution < 1.29 is 5.11 Å². The van der Waals surface area contributed by atoms with Crippen LogP contribution in [0.5, 0.6) is 0 Å². The van der Waals surface area contributed by atoms with E-state index >= 15 is 0 Å². The van der Waals surface area contributed by atoms with Crippen molar-refractivity contribution >= 4 is 11.8 Å². The molecule has 0 aromatic heterocycles. The summed E-state index contributed by atoms with van der Waals surface area (Å²) in [6.07, 6.45) is 2.02. The minimum atomic E-state index is -0.0810. The molecule has 0 aliphatic carbocycles. The monoisotopic (exact) mass is 159 g/mol. The molecule has 2 fully saturated rings. The van der Waals surface area contributed by atoms with E-state index in [0.717, 1.165) is 25.1 Å². The quantitative estimate of drug-likeness (QED) is 0.530. The molecule has 0 saturated carbocycles. The van der Waals surface area contributed by atoms with E-state index in [0.29, 0.717) is 0 Å². The van der Waals surface area contributed by atoms with Gasteiger partial charge in [-0.25, -0.2) is 0 Å². The maximum absolute atomic E-state index is 9.60. The van der Waals surface area contributed by atoms with Gasteiger partial charge in [-0.3, -0.25) is 0 Å². The van der Waals surface area contributed by atoms with Gasteiger partial charge in [-0.05, 0) is 25.1 Å². The number of aliphatic hydroxyl groups is 1. The molecule has 2 N–H and O–H groups in total. The van der Waals surface area contributed by atoms with Crippen molar-refractivity contribution in [3.05, 3.63) is 0 Å². The van der Waals surface area contributed by atoms with E-state index in [1.165, 1.54) is 5.75 Å². The Morgan fingerprint density at radius 2 is 2.50 bits per heavy atom. The molecule has 0 aromatic rings. The van der Waals surface area contributed by atoms with Gasteiger partial charge in [0.25, 0.3) is 0 Å². The van der Waals surface area contributed by atoms with E-state index in [1.54, 1.807) is 0 Å². The first kappa shape index (κ1) is 6.95. The first-order valence-corrected chi connectivity index (χ1v) is 5.00. The molecule has 1 spiro atoms. The summed E-state index contributed by atoms with van der Waals surface area (Å²) in [5.41, 5.74) is 0.116. The highest BCUT2D eigenvalue weighted by Crippen LogP contribution is 2.34. The molecule has 2 atom stereocenters. The highest BCUT2D eigenvalue weighted by Gasteiger charge is 2.43. The van der Waals surface area contributed by atoms with Gasteiger partial charge in [-0.1, -0.05) is 0 Å². The number of hydrogen-bond donors (Lipinski definition) is 2. The Morgan fingerprint density at radius 3 is 3.00 bits per heavy atom. The van der Waals surface area contributed by atoms with Crippen molar-refractivity contribution in [1.29, 1.82) is 0 Å². The summed E-state index contributed by atoms with van der Waals surface area (Å²) in [4.78, 5) is 0. The predicted molar refractivity (Wildman–Crippen MR) is 43.3 cm³/mol. The maximum Gasteiger partial charge on any atom is 0.0742 e. The Labute approximate surface area is 65.4 Å². The summed E-state index contributed by atoms with van der Waals surface area (Å²) in [6.45, 7) is 1.00. The van der Waals surface area contributed by atoms with Crippen LogP contribution in [0, 0.1) is 0 Å². The van der Waals surface area contributed by atoms with Crippen molar-refractivity contribution in [2.24, 2.45) is 0 Å². The summed E-state index contributed by atoms with van der Waals surface area (Å²) in [7, 11) is 0. The summed E-state index contributed by atoms with van der Waals surface area (Å²) in [6, 6.07) is 0. The van der Waals surface area contributed by atoms with Crippen molar-refractivity contribution in [2.75, 3.05) is 18.1 Å². The van der Waals surface area contributed by atoms with Gasteiger partial charge < -0.3 is 10.4 Å². The van der Waals surface area contributed by atoms with Crippen molar-refractivity contribution in [2.45, 2.75) is 24.5 Å². The van der Waals surface area contributed by atoms with Gasteiger partial charge >= 0.3 is 0 Å². The lowest BCUT2D eigenvalue weighted by atomic mass is 9.94. The summed E-state index contributed by atoms with van der Waals surface area (Å²) in [5, 5.41) is 13.0. The Kier molecular flexibility index (Phi) is 1.66. The SMILES string of the molecule is O[C@H]1CCN[C@@]12CCSC2. The lowest BCUT2D eigenvalue weighted by Crippen LogP contribution is -2.47. The fraction of sp³-hybridized carbons (Fsp3) is 1.00. The van der Waals surface area contributed by atoms with E-state index < -0.39 is 0 Å². The fourth-order valence-corrected chi connectivity index (χ4v) is 3.29. The highest BCUT2D eigenvalue weighted by atomic mass is 32.2. The molecule has 2 nitrogen and oxygen atoms in total. The van der Waals surface area contributed by atoms with Crippen LogP contribution in [-0.4, -0.2) is 34.8 Å². The topological polar surface area (TPSA) is 32.3 Å². The van der Waals surface area contributed by atoms with Crippen molar-refractivity contribution in [3.8, 4) is 0 Å². The van der Waals surface area contributed by atoms with Gasteiger partial charge in [-0.15, -0.1) is 0 Å². The molecule has 2 rings (SSSR count). The zero-order chi connectivity index (χ0) is 7.03. The standard InChI is InChI=1S/C7H13NOS/c9-6-1-3-8-7(6)2-4-10-5-7/h6,8-9H,1-5H2/t6-,7+/m0/s1. The van der Waals surface area contributed by atoms with Crippen LogP contribution < -0.4 is 5.32 Å². The number of thioether (sulfide) groups is 1. The van der Waals surface area contributed by atoms with E-state index in [-0.39, 0.29) is 11.6 Å². The molecule has 0 aromatic carbocycles. The Hall–Kier alpha value is 0.270. The molecule has 2 heterocycles. The van der Waals surface area contributed by atoms with Crippen LogP contribution in [0.25, 0.3) is 0 Å². The van der Waals surface area contributed by atoms with E-state index in [4.69, 9.17) is 0 Å². The maximum atomic E-state index is 9.60. The largest absolute Gasteiger partial charge is 0.391 e. The molecule has 3 heteroatoms. The second kappa shape index (κ2) is 2.40. The summed E-state index contributed by atoms with van der Waals surface area (Å²) < 4.78 is 0. The Morgan fingerprint density at radius 1 is 1.60 bits per heavy atom.